The average molecular weight is 186 g/mol. The molecular formula is C13H14O. The van der Waals surface area contributed by atoms with Crippen molar-refractivity contribution in [1.82, 2.24) is 0 Å². The number of hydrogen-bond acceptors (Lipinski definition) is 1. The molecule has 0 aliphatic rings. The number of ketones is 1. The Kier molecular flexibility index (Phi) is 3.86. The quantitative estimate of drug-likeness (QED) is 0.662. The summed E-state index contributed by atoms with van der Waals surface area (Å²) in [6, 6.07) is 9.78. The fourth-order valence-electron chi connectivity index (χ4n) is 1.08. The number of hydrogen-bond donors (Lipinski definition) is 0. The Bertz CT molecular complexity index is 354. The molecule has 14 heavy (non-hydrogen) atoms. The van der Waals surface area contributed by atoms with Gasteiger partial charge in [0.15, 0.2) is 5.78 Å². The van der Waals surface area contributed by atoms with Crippen LogP contribution in [-0.4, -0.2) is 5.78 Å². The van der Waals surface area contributed by atoms with E-state index in [4.69, 9.17) is 0 Å². The molecule has 0 bridgehead atoms. The highest BCUT2D eigenvalue weighted by Gasteiger charge is 1.89. The van der Waals surface area contributed by atoms with Gasteiger partial charge in [-0.1, -0.05) is 42.0 Å². The molecule has 0 saturated heterocycles. The van der Waals surface area contributed by atoms with Gasteiger partial charge in [-0.2, -0.15) is 0 Å². The van der Waals surface area contributed by atoms with E-state index in [0.717, 1.165) is 11.1 Å². The van der Waals surface area contributed by atoms with Gasteiger partial charge in [0.2, 0.25) is 0 Å². The van der Waals surface area contributed by atoms with E-state index in [1.807, 2.05) is 50.3 Å². The van der Waals surface area contributed by atoms with Gasteiger partial charge < -0.3 is 0 Å². The third-order valence-electron chi connectivity index (χ3n) is 1.67. The minimum atomic E-state index is 0.0360. The molecule has 0 heterocycles. The van der Waals surface area contributed by atoms with Crippen LogP contribution in [0.3, 0.4) is 0 Å². The Labute approximate surface area is 84.8 Å². The van der Waals surface area contributed by atoms with Crippen molar-refractivity contribution in [3.8, 4) is 0 Å². The number of carbonyl (C=O) groups is 1. The average Bonchev–Trinajstić information content (AvgIpc) is 2.15. The first kappa shape index (κ1) is 10.5. The van der Waals surface area contributed by atoms with Crippen LogP contribution in [-0.2, 0) is 4.79 Å². The summed E-state index contributed by atoms with van der Waals surface area (Å²) in [6.45, 7) is 3.82. The largest absolute Gasteiger partial charge is 0.290 e. The van der Waals surface area contributed by atoms with Gasteiger partial charge in [-0.25, -0.2) is 0 Å². The van der Waals surface area contributed by atoms with E-state index in [0.29, 0.717) is 0 Å². The molecule has 0 aliphatic carbocycles. The van der Waals surface area contributed by atoms with Crippen molar-refractivity contribution >= 4 is 11.9 Å². The lowest BCUT2D eigenvalue weighted by Crippen LogP contribution is -1.85. The first-order chi connectivity index (χ1) is 6.68. The Morgan fingerprint density at radius 3 is 2.36 bits per heavy atom. The summed E-state index contributed by atoms with van der Waals surface area (Å²) < 4.78 is 0. The molecular weight excluding hydrogens is 172 g/mol. The fourth-order valence-corrected chi connectivity index (χ4v) is 1.08. The molecule has 0 aromatic heterocycles. The second kappa shape index (κ2) is 5.18. The first-order valence-electron chi connectivity index (χ1n) is 4.60. The highest BCUT2D eigenvalue weighted by atomic mass is 16.1. The van der Waals surface area contributed by atoms with Crippen LogP contribution in [0.25, 0.3) is 6.08 Å². The Morgan fingerprint density at radius 2 is 1.79 bits per heavy atom. The third kappa shape index (κ3) is 3.85. The molecule has 0 unspecified atom stereocenters. The zero-order valence-electron chi connectivity index (χ0n) is 8.53. The van der Waals surface area contributed by atoms with Crippen molar-refractivity contribution in [2.24, 2.45) is 0 Å². The summed E-state index contributed by atoms with van der Waals surface area (Å²) in [5.41, 5.74) is 2.07. The Balaban J connectivity index is 2.66. The van der Waals surface area contributed by atoms with E-state index in [1.54, 1.807) is 12.2 Å². The maximum atomic E-state index is 11.3. The van der Waals surface area contributed by atoms with E-state index in [-0.39, 0.29) is 5.78 Å². The Hall–Kier alpha value is -1.63. The number of allylic oxidation sites excluding steroid dienone is 3. The lowest BCUT2D eigenvalue weighted by molar-refractivity contribution is -0.110. The highest BCUT2D eigenvalue weighted by molar-refractivity contribution is 6.02. The Morgan fingerprint density at radius 1 is 1.14 bits per heavy atom. The predicted octanol–water partition coefficient (Wildman–Crippen LogP) is 3.24. The van der Waals surface area contributed by atoms with Gasteiger partial charge in [0, 0.05) is 0 Å². The molecule has 0 atom stereocenters. The zero-order valence-corrected chi connectivity index (χ0v) is 8.53. The zero-order chi connectivity index (χ0) is 10.4. The van der Waals surface area contributed by atoms with Gasteiger partial charge in [0.05, 0.1) is 0 Å². The van der Waals surface area contributed by atoms with Crippen LogP contribution in [0, 0.1) is 0 Å². The van der Waals surface area contributed by atoms with Crippen molar-refractivity contribution in [3.05, 3.63) is 53.6 Å². The number of rotatable bonds is 3. The van der Waals surface area contributed by atoms with Crippen LogP contribution in [0.4, 0.5) is 0 Å². The molecule has 0 radical (unpaired) electrons. The van der Waals surface area contributed by atoms with Crippen molar-refractivity contribution in [2.45, 2.75) is 13.8 Å². The van der Waals surface area contributed by atoms with Gasteiger partial charge in [0.1, 0.15) is 0 Å². The van der Waals surface area contributed by atoms with Gasteiger partial charge in [-0.15, -0.1) is 0 Å². The summed E-state index contributed by atoms with van der Waals surface area (Å²) in [5, 5.41) is 0. The molecule has 0 spiro atoms. The predicted molar refractivity (Wildman–Crippen MR) is 59.9 cm³/mol. The summed E-state index contributed by atoms with van der Waals surface area (Å²) in [4.78, 5) is 11.3. The molecule has 0 N–H and O–H groups in total. The van der Waals surface area contributed by atoms with Crippen LogP contribution in [0.15, 0.2) is 48.1 Å². The smallest absolute Gasteiger partial charge is 0.178 e. The molecule has 0 aliphatic heterocycles. The van der Waals surface area contributed by atoms with E-state index in [1.165, 1.54) is 0 Å². The first-order valence-corrected chi connectivity index (χ1v) is 4.60. The van der Waals surface area contributed by atoms with Crippen molar-refractivity contribution in [2.75, 3.05) is 0 Å². The van der Waals surface area contributed by atoms with E-state index < -0.39 is 0 Å². The van der Waals surface area contributed by atoms with Gasteiger partial charge in [0.25, 0.3) is 0 Å². The minimum absolute atomic E-state index is 0.0360. The van der Waals surface area contributed by atoms with Gasteiger partial charge in [-0.3, -0.25) is 4.79 Å². The fraction of sp³-hybridized carbons (Fsp3) is 0.154. The molecule has 1 heteroatoms. The van der Waals surface area contributed by atoms with Crippen LogP contribution < -0.4 is 0 Å². The molecule has 1 aromatic carbocycles. The summed E-state index contributed by atoms with van der Waals surface area (Å²) in [6.07, 6.45) is 5.03. The third-order valence-corrected chi connectivity index (χ3v) is 1.67. The normalized spacial score (nSPS) is 10.1. The van der Waals surface area contributed by atoms with E-state index >= 15 is 0 Å². The maximum absolute atomic E-state index is 11.3. The molecule has 0 amide bonds. The monoisotopic (exact) mass is 186 g/mol. The van der Waals surface area contributed by atoms with Crippen molar-refractivity contribution in [1.29, 1.82) is 0 Å². The number of carbonyl (C=O) groups excluding carboxylic acids is 1. The molecule has 0 saturated carbocycles. The lowest BCUT2D eigenvalue weighted by Gasteiger charge is -1.90. The van der Waals surface area contributed by atoms with E-state index in [9.17, 15) is 4.79 Å². The molecule has 1 rings (SSSR count). The van der Waals surface area contributed by atoms with Gasteiger partial charge in [-0.05, 0) is 31.6 Å². The highest BCUT2D eigenvalue weighted by Crippen LogP contribution is 2.01. The summed E-state index contributed by atoms with van der Waals surface area (Å²) in [7, 11) is 0. The molecule has 72 valence electrons. The van der Waals surface area contributed by atoms with E-state index in [2.05, 4.69) is 0 Å². The second-order valence-electron chi connectivity index (χ2n) is 3.37. The van der Waals surface area contributed by atoms with Crippen molar-refractivity contribution in [3.63, 3.8) is 0 Å². The number of benzene rings is 1. The molecule has 0 fully saturated rings. The topological polar surface area (TPSA) is 17.1 Å². The second-order valence-corrected chi connectivity index (χ2v) is 3.37. The van der Waals surface area contributed by atoms with Gasteiger partial charge >= 0.3 is 0 Å². The van der Waals surface area contributed by atoms with Crippen LogP contribution in [0.2, 0.25) is 0 Å². The van der Waals surface area contributed by atoms with Crippen LogP contribution >= 0.6 is 0 Å². The standard InChI is InChI=1S/C13H14O/c1-11(2)10-13(14)9-8-12-6-4-3-5-7-12/h3-10H,1-2H3. The minimum Gasteiger partial charge on any atom is -0.290 e. The molecule has 1 aromatic rings. The van der Waals surface area contributed by atoms with Crippen LogP contribution in [0.5, 0.6) is 0 Å². The molecule has 1 nitrogen and oxygen atoms in total. The SMILES string of the molecule is CC(C)=CC(=O)C=Cc1ccccc1. The maximum Gasteiger partial charge on any atom is 0.178 e. The summed E-state index contributed by atoms with van der Waals surface area (Å²) in [5.74, 6) is 0.0360. The summed E-state index contributed by atoms with van der Waals surface area (Å²) >= 11 is 0. The van der Waals surface area contributed by atoms with Crippen molar-refractivity contribution < 1.29 is 4.79 Å². The van der Waals surface area contributed by atoms with Crippen LogP contribution in [0.1, 0.15) is 19.4 Å². The lowest BCUT2D eigenvalue weighted by atomic mass is 10.2.